The molecule has 0 amide bonds. The molecule has 3 rings (SSSR count). The molecule has 1 fully saturated rings. The molecule has 4 heteroatoms. The van der Waals surface area contributed by atoms with E-state index in [0.717, 1.165) is 42.4 Å². The van der Waals surface area contributed by atoms with Crippen molar-refractivity contribution < 1.29 is 9.53 Å². The van der Waals surface area contributed by atoms with E-state index >= 15 is 0 Å². The molecule has 3 nitrogen and oxygen atoms in total. The lowest BCUT2D eigenvalue weighted by Crippen LogP contribution is -2.43. The highest BCUT2D eigenvalue weighted by Crippen LogP contribution is 2.35. The molecule has 1 N–H and O–H groups in total. The molecule has 2 aromatic carbocycles. The second-order valence-electron chi connectivity index (χ2n) is 5.83. The van der Waals surface area contributed by atoms with Crippen molar-refractivity contribution in [2.24, 2.45) is 0 Å². The van der Waals surface area contributed by atoms with Crippen molar-refractivity contribution in [1.82, 2.24) is 5.32 Å². The fraction of sp³-hybridized carbons (Fsp3) is 0.316. The minimum absolute atomic E-state index is 0.253. The summed E-state index contributed by atoms with van der Waals surface area (Å²) in [5, 5.41) is 4.12. The fourth-order valence-electron chi connectivity index (χ4n) is 2.99. The highest BCUT2D eigenvalue weighted by Gasteiger charge is 2.37. The topological polar surface area (TPSA) is 38.3 Å². The lowest BCUT2D eigenvalue weighted by Gasteiger charge is -2.37. The molecular weight excluding hydrogens is 354 g/mol. The van der Waals surface area contributed by atoms with Crippen molar-refractivity contribution in [3.05, 3.63) is 71.3 Å². The van der Waals surface area contributed by atoms with Crippen LogP contribution in [-0.2, 0) is 15.7 Å². The number of esters is 1. The number of benzene rings is 2. The van der Waals surface area contributed by atoms with E-state index in [1.54, 1.807) is 0 Å². The number of nitrogens with one attached hydrogen (secondary N) is 1. The van der Waals surface area contributed by atoms with Crippen molar-refractivity contribution in [1.29, 1.82) is 0 Å². The average Bonchev–Trinajstić information content (AvgIpc) is 2.63. The van der Waals surface area contributed by atoms with E-state index in [1.165, 1.54) is 0 Å². The zero-order valence-electron chi connectivity index (χ0n) is 12.9. The maximum atomic E-state index is 12.6. The van der Waals surface area contributed by atoms with Crippen LogP contribution >= 0.6 is 15.9 Å². The molecule has 2 aromatic rings. The van der Waals surface area contributed by atoms with Gasteiger partial charge in [-0.05, 0) is 36.3 Å². The molecule has 1 saturated heterocycles. The normalized spacial score (nSPS) is 16.7. The molecular formula is C19H20BrNO2. The Kier molecular flexibility index (Phi) is 5.13. The summed E-state index contributed by atoms with van der Waals surface area (Å²) in [7, 11) is 0. The summed E-state index contributed by atoms with van der Waals surface area (Å²) in [6.07, 6.45) is 1.59. The van der Waals surface area contributed by atoms with Crippen LogP contribution in [-0.4, -0.2) is 19.1 Å². The minimum atomic E-state index is -0.530. The number of carbonyl (C=O) groups excluding carboxylic acids is 1. The van der Waals surface area contributed by atoms with Crippen LogP contribution in [0.15, 0.2) is 54.6 Å². The molecule has 1 aliphatic rings. The first-order valence-corrected chi connectivity index (χ1v) is 9.00. The predicted molar refractivity (Wildman–Crippen MR) is 94.7 cm³/mol. The molecule has 0 unspecified atom stereocenters. The molecule has 0 radical (unpaired) electrons. The Bertz CT molecular complexity index is 649. The van der Waals surface area contributed by atoms with Gasteiger partial charge >= 0.3 is 5.97 Å². The Morgan fingerprint density at radius 2 is 1.70 bits per heavy atom. The maximum absolute atomic E-state index is 12.6. The summed E-state index contributed by atoms with van der Waals surface area (Å²) in [4.78, 5) is 12.6. The number of carbonyl (C=O) groups is 1. The van der Waals surface area contributed by atoms with Crippen LogP contribution in [0.5, 0.6) is 0 Å². The third kappa shape index (κ3) is 3.65. The molecule has 0 spiro atoms. The van der Waals surface area contributed by atoms with Crippen LogP contribution in [0.25, 0.3) is 0 Å². The van der Waals surface area contributed by atoms with E-state index in [4.69, 9.17) is 4.74 Å². The quantitative estimate of drug-likeness (QED) is 0.649. The lowest BCUT2D eigenvalue weighted by atomic mass is 9.84. The first kappa shape index (κ1) is 16.2. The smallest absolute Gasteiger partial charge is 0.339 e. The number of halogens is 1. The summed E-state index contributed by atoms with van der Waals surface area (Å²) in [5.41, 5.74) is 2.29. The minimum Gasteiger partial charge on any atom is -0.450 e. The standard InChI is InChI=1S/C19H20BrNO2/c20-14-15-6-8-16(9-7-15)18(22)23-19(10-12-21-13-11-19)17-4-2-1-3-5-17/h1-9,21H,10-14H2. The Balaban J connectivity index is 1.84. The van der Waals surface area contributed by atoms with Gasteiger partial charge in [-0.25, -0.2) is 4.79 Å². The monoisotopic (exact) mass is 373 g/mol. The van der Waals surface area contributed by atoms with E-state index in [-0.39, 0.29) is 5.97 Å². The number of rotatable bonds is 4. The fourth-order valence-corrected chi connectivity index (χ4v) is 3.36. The zero-order chi connectivity index (χ0) is 16.1. The third-order valence-electron chi connectivity index (χ3n) is 4.34. The first-order valence-electron chi connectivity index (χ1n) is 7.88. The van der Waals surface area contributed by atoms with Crippen molar-refractivity contribution in [3.63, 3.8) is 0 Å². The van der Waals surface area contributed by atoms with Crippen LogP contribution in [0.2, 0.25) is 0 Å². The highest BCUT2D eigenvalue weighted by molar-refractivity contribution is 9.08. The number of alkyl halides is 1. The van der Waals surface area contributed by atoms with Gasteiger partial charge in [-0.1, -0.05) is 58.4 Å². The molecule has 120 valence electrons. The first-order chi connectivity index (χ1) is 11.2. The molecule has 1 heterocycles. The van der Waals surface area contributed by atoms with Crippen LogP contribution in [0.4, 0.5) is 0 Å². The van der Waals surface area contributed by atoms with Crippen LogP contribution in [0, 0.1) is 0 Å². The number of hydrogen-bond donors (Lipinski definition) is 1. The molecule has 23 heavy (non-hydrogen) atoms. The van der Waals surface area contributed by atoms with Gasteiger partial charge in [0, 0.05) is 18.2 Å². The molecule has 1 aliphatic heterocycles. The van der Waals surface area contributed by atoms with Crippen LogP contribution in [0.1, 0.15) is 34.3 Å². The molecule has 0 bridgehead atoms. The zero-order valence-corrected chi connectivity index (χ0v) is 14.5. The van der Waals surface area contributed by atoms with Crippen molar-refractivity contribution in [2.75, 3.05) is 13.1 Å². The van der Waals surface area contributed by atoms with Gasteiger partial charge in [0.2, 0.25) is 0 Å². The van der Waals surface area contributed by atoms with Gasteiger partial charge in [0.1, 0.15) is 5.60 Å². The lowest BCUT2D eigenvalue weighted by molar-refractivity contribution is -0.0378. The summed E-state index contributed by atoms with van der Waals surface area (Å²) in [6, 6.07) is 17.6. The van der Waals surface area contributed by atoms with E-state index in [0.29, 0.717) is 5.56 Å². The van der Waals surface area contributed by atoms with Gasteiger partial charge in [0.25, 0.3) is 0 Å². The Labute approximate surface area is 145 Å². The Morgan fingerprint density at radius 1 is 1.04 bits per heavy atom. The summed E-state index contributed by atoms with van der Waals surface area (Å²) in [5.74, 6) is -0.253. The second kappa shape index (κ2) is 7.28. The number of piperidine rings is 1. The molecule has 0 aromatic heterocycles. The highest BCUT2D eigenvalue weighted by atomic mass is 79.9. The number of ether oxygens (including phenoxy) is 1. The van der Waals surface area contributed by atoms with Crippen LogP contribution in [0.3, 0.4) is 0 Å². The summed E-state index contributed by atoms with van der Waals surface area (Å²) >= 11 is 3.41. The second-order valence-corrected chi connectivity index (χ2v) is 6.39. The van der Waals surface area contributed by atoms with Crippen molar-refractivity contribution in [2.45, 2.75) is 23.8 Å². The van der Waals surface area contributed by atoms with E-state index < -0.39 is 5.60 Å². The molecule has 0 atom stereocenters. The SMILES string of the molecule is O=C(OC1(c2ccccc2)CCNCC1)c1ccc(CBr)cc1. The molecule has 0 saturated carbocycles. The largest absolute Gasteiger partial charge is 0.450 e. The van der Waals surface area contributed by atoms with Gasteiger partial charge in [-0.3, -0.25) is 0 Å². The van der Waals surface area contributed by atoms with Crippen molar-refractivity contribution in [3.8, 4) is 0 Å². The van der Waals surface area contributed by atoms with E-state index in [2.05, 4.69) is 21.2 Å². The van der Waals surface area contributed by atoms with E-state index in [9.17, 15) is 4.79 Å². The summed E-state index contributed by atoms with van der Waals surface area (Å²) in [6.45, 7) is 1.70. The average molecular weight is 374 g/mol. The van der Waals surface area contributed by atoms with E-state index in [1.807, 2.05) is 54.6 Å². The molecule has 0 aliphatic carbocycles. The predicted octanol–water partition coefficient (Wildman–Crippen LogP) is 4.02. The summed E-state index contributed by atoms with van der Waals surface area (Å²) < 4.78 is 6.03. The van der Waals surface area contributed by atoms with Gasteiger partial charge in [-0.15, -0.1) is 0 Å². The van der Waals surface area contributed by atoms with Crippen molar-refractivity contribution >= 4 is 21.9 Å². The maximum Gasteiger partial charge on any atom is 0.339 e. The number of hydrogen-bond acceptors (Lipinski definition) is 3. The van der Waals surface area contributed by atoms with Gasteiger partial charge in [0.05, 0.1) is 5.56 Å². The Morgan fingerprint density at radius 3 is 2.30 bits per heavy atom. The van der Waals surface area contributed by atoms with Gasteiger partial charge in [0.15, 0.2) is 0 Å². The van der Waals surface area contributed by atoms with Gasteiger partial charge in [-0.2, -0.15) is 0 Å². The van der Waals surface area contributed by atoms with Gasteiger partial charge < -0.3 is 10.1 Å². The van der Waals surface area contributed by atoms with Crippen LogP contribution < -0.4 is 5.32 Å². The Hall–Kier alpha value is -1.65. The third-order valence-corrected chi connectivity index (χ3v) is 4.99.